The molecule has 1 rings (SSSR count). The first-order valence-electron chi connectivity index (χ1n) is 4.62. The highest BCUT2D eigenvalue weighted by Crippen LogP contribution is 2.21. The second kappa shape index (κ2) is 4.79. The van der Waals surface area contributed by atoms with Crippen LogP contribution >= 0.6 is 0 Å². The molecule has 0 radical (unpaired) electrons. The maximum Gasteiger partial charge on any atom is 0.389 e. The standard InChI is InChI=1S/C8H12F3N3O2/c1-4(15)6(12)7-13-5(14-16-7)2-3-8(9,10)11/h4,6,15H,2-3,12H2,1H3/t4-,6+/m1/s1. The lowest BCUT2D eigenvalue weighted by Crippen LogP contribution is -2.23. The fourth-order valence-electron chi connectivity index (χ4n) is 0.964. The largest absolute Gasteiger partial charge is 0.391 e. The zero-order chi connectivity index (χ0) is 12.3. The molecule has 0 aliphatic rings. The molecule has 0 aromatic carbocycles. The molecule has 92 valence electrons. The van der Waals surface area contributed by atoms with Crippen LogP contribution in [0.4, 0.5) is 13.2 Å². The molecule has 0 aliphatic carbocycles. The lowest BCUT2D eigenvalue weighted by molar-refractivity contribution is -0.134. The maximum atomic E-state index is 11.9. The van der Waals surface area contributed by atoms with Crippen molar-refractivity contribution in [2.24, 2.45) is 5.73 Å². The molecule has 8 heteroatoms. The average Bonchev–Trinajstić information content (AvgIpc) is 2.60. The van der Waals surface area contributed by atoms with E-state index in [1.807, 2.05) is 0 Å². The van der Waals surface area contributed by atoms with Crippen LogP contribution in [0.5, 0.6) is 0 Å². The van der Waals surface area contributed by atoms with Gasteiger partial charge in [-0.25, -0.2) is 0 Å². The number of halogens is 3. The van der Waals surface area contributed by atoms with Crippen LogP contribution in [0.2, 0.25) is 0 Å². The van der Waals surface area contributed by atoms with Gasteiger partial charge in [0.05, 0.1) is 12.5 Å². The molecule has 3 N–H and O–H groups in total. The van der Waals surface area contributed by atoms with Gasteiger partial charge in [0.1, 0.15) is 6.04 Å². The third kappa shape index (κ3) is 3.78. The van der Waals surface area contributed by atoms with Gasteiger partial charge >= 0.3 is 6.18 Å². The van der Waals surface area contributed by atoms with Gasteiger partial charge in [-0.05, 0) is 6.92 Å². The first-order valence-corrected chi connectivity index (χ1v) is 4.62. The van der Waals surface area contributed by atoms with Gasteiger partial charge in [-0.15, -0.1) is 0 Å². The Kier molecular flexibility index (Phi) is 3.87. The Morgan fingerprint density at radius 2 is 2.12 bits per heavy atom. The number of aliphatic hydroxyl groups excluding tert-OH is 1. The summed E-state index contributed by atoms with van der Waals surface area (Å²) in [5.74, 6) is -0.129. The predicted octanol–water partition coefficient (Wildman–Crippen LogP) is 0.945. The molecular weight excluding hydrogens is 227 g/mol. The van der Waals surface area contributed by atoms with Crippen LogP contribution in [-0.4, -0.2) is 27.5 Å². The number of hydrogen-bond acceptors (Lipinski definition) is 5. The van der Waals surface area contributed by atoms with E-state index in [9.17, 15) is 13.2 Å². The van der Waals surface area contributed by atoms with E-state index in [1.165, 1.54) is 6.92 Å². The van der Waals surface area contributed by atoms with E-state index >= 15 is 0 Å². The fourth-order valence-corrected chi connectivity index (χ4v) is 0.964. The quantitative estimate of drug-likeness (QED) is 0.816. The number of nitrogens with zero attached hydrogens (tertiary/aromatic N) is 2. The van der Waals surface area contributed by atoms with Crippen LogP contribution in [0.1, 0.15) is 31.1 Å². The molecule has 2 atom stereocenters. The van der Waals surface area contributed by atoms with Crippen molar-refractivity contribution >= 4 is 0 Å². The molecule has 0 spiro atoms. The van der Waals surface area contributed by atoms with Crippen LogP contribution in [0.15, 0.2) is 4.52 Å². The Morgan fingerprint density at radius 3 is 2.62 bits per heavy atom. The normalized spacial score (nSPS) is 16.1. The number of aryl methyl sites for hydroxylation is 1. The molecule has 5 nitrogen and oxygen atoms in total. The molecule has 16 heavy (non-hydrogen) atoms. The first-order chi connectivity index (χ1) is 7.29. The Labute approximate surface area is 89.4 Å². The van der Waals surface area contributed by atoms with Crippen LogP contribution in [0.3, 0.4) is 0 Å². The summed E-state index contributed by atoms with van der Waals surface area (Å²) in [5.41, 5.74) is 5.46. The summed E-state index contributed by atoms with van der Waals surface area (Å²) in [6, 6.07) is -0.882. The molecule has 0 saturated heterocycles. The van der Waals surface area contributed by atoms with E-state index in [1.54, 1.807) is 0 Å². The Bertz CT molecular complexity index is 338. The highest BCUT2D eigenvalue weighted by molar-refractivity contribution is 4.94. The van der Waals surface area contributed by atoms with E-state index in [-0.39, 0.29) is 18.1 Å². The molecule has 0 aliphatic heterocycles. The van der Waals surface area contributed by atoms with E-state index in [4.69, 9.17) is 10.8 Å². The summed E-state index contributed by atoms with van der Waals surface area (Å²) in [4.78, 5) is 3.67. The minimum atomic E-state index is -4.26. The van der Waals surface area contributed by atoms with Crippen LogP contribution < -0.4 is 5.73 Å². The maximum absolute atomic E-state index is 11.9. The SMILES string of the molecule is C[C@@H](O)[C@H](N)c1nc(CCC(F)(F)F)no1. The smallest absolute Gasteiger partial charge is 0.389 e. The molecule has 1 aromatic rings. The lowest BCUT2D eigenvalue weighted by atomic mass is 10.2. The number of hydrogen-bond donors (Lipinski definition) is 2. The Balaban J connectivity index is 2.58. The zero-order valence-electron chi connectivity index (χ0n) is 8.53. The topological polar surface area (TPSA) is 85.2 Å². The summed E-state index contributed by atoms with van der Waals surface area (Å²) in [6.45, 7) is 1.42. The molecule has 0 saturated carbocycles. The van der Waals surface area contributed by atoms with E-state index in [0.29, 0.717) is 0 Å². The third-order valence-corrected chi connectivity index (χ3v) is 1.92. The van der Waals surface area contributed by atoms with Crippen LogP contribution in [0, 0.1) is 0 Å². The van der Waals surface area contributed by atoms with E-state index < -0.39 is 24.7 Å². The Hall–Kier alpha value is -1.15. The molecule has 0 amide bonds. The number of rotatable bonds is 4. The van der Waals surface area contributed by atoms with Gasteiger partial charge in [0.15, 0.2) is 5.82 Å². The van der Waals surface area contributed by atoms with Crippen LogP contribution in [-0.2, 0) is 6.42 Å². The average molecular weight is 239 g/mol. The van der Waals surface area contributed by atoms with Crippen molar-refractivity contribution in [1.82, 2.24) is 10.1 Å². The number of nitrogens with two attached hydrogens (primary N) is 1. The van der Waals surface area contributed by atoms with Crippen LogP contribution in [0.25, 0.3) is 0 Å². The highest BCUT2D eigenvalue weighted by atomic mass is 19.4. The molecule has 0 unspecified atom stereocenters. The third-order valence-electron chi connectivity index (χ3n) is 1.92. The van der Waals surface area contributed by atoms with Gasteiger partial charge in [-0.1, -0.05) is 5.16 Å². The predicted molar refractivity (Wildman–Crippen MR) is 47.3 cm³/mol. The second-order valence-corrected chi connectivity index (χ2v) is 3.43. The van der Waals surface area contributed by atoms with Gasteiger partial charge in [0.25, 0.3) is 0 Å². The summed E-state index contributed by atoms with van der Waals surface area (Å²) < 4.78 is 40.3. The summed E-state index contributed by atoms with van der Waals surface area (Å²) in [5, 5.41) is 12.5. The first kappa shape index (κ1) is 12.9. The Morgan fingerprint density at radius 1 is 1.50 bits per heavy atom. The monoisotopic (exact) mass is 239 g/mol. The van der Waals surface area contributed by atoms with Gasteiger partial charge in [0, 0.05) is 6.42 Å². The minimum absolute atomic E-state index is 0.0628. The van der Waals surface area contributed by atoms with Crippen molar-refractivity contribution in [3.8, 4) is 0 Å². The molecule has 0 fully saturated rings. The molecule has 1 heterocycles. The van der Waals surface area contributed by atoms with Gasteiger partial charge < -0.3 is 15.4 Å². The number of aliphatic hydroxyl groups is 1. The number of alkyl halides is 3. The summed E-state index contributed by atoms with van der Waals surface area (Å²) >= 11 is 0. The van der Waals surface area contributed by atoms with E-state index in [0.717, 1.165) is 0 Å². The second-order valence-electron chi connectivity index (χ2n) is 3.43. The minimum Gasteiger partial charge on any atom is -0.391 e. The van der Waals surface area contributed by atoms with Crippen molar-refractivity contribution in [2.45, 2.75) is 38.1 Å². The van der Waals surface area contributed by atoms with Crippen molar-refractivity contribution in [2.75, 3.05) is 0 Å². The molecule has 0 bridgehead atoms. The van der Waals surface area contributed by atoms with Gasteiger partial charge in [0.2, 0.25) is 5.89 Å². The van der Waals surface area contributed by atoms with Gasteiger partial charge in [-0.2, -0.15) is 18.2 Å². The molecular formula is C8H12F3N3O2. The van der Waals surface area contributed by atoms with E-state index in [2.05, 4.69) is 14.7 Å². The van der Waals surface area contributed by atoms with Crippen molar-refractivity contribution < 1.29 is 22.8 Å². The lowest BCUT2D eigenvalue weighted by Gasteiger charge is -2.08. The summed E-state index contributed by atoms with van der Waals surface area (Å²) in [7, 11) is 0. The molecule has 1 aromatic heterocycles. The van der Waals surface area contributed by atoms with Gasteiger partial charge in [-0.3, -0.25) is 0 Å². The highest BCUT2D eigenvalue weighted by Gasteiger charge is 2.28. The zero-order valence-corrected chi connectivity index (χ0v) is 8.53. The van der Waals surface area contributed by atoms with Crippen molar-refractivity contribution in [3.63, 3.8) is 0 Å². The van der Waals surface area contributed by atoms with Crippen molar-refractivity contribution in [3.05, 3.63) is 11.7 Å². The van der Waals surface area contributed by atoms with Crippen molar-refractivity contribution in [1.29, 1.82) is 0 Å². The fraction of sp³-hybridized carbons (Fsp3) is 0.750. The summed E-state index contributed by atoms with van der Waals surface area (Å²) in [6.07, 6.45) is -6.54. The number of aromatic nitrogens is 2.